The minimum atomic E-state index is -3.43. The maximum Gasteiger partial charge on any atom is 0.258 e. The van der Waals surface area contributed by atoms with Crippen molar-refractivity contribution in [2.45, 2.75) is 12.8 Å². The summed E-state index contributed by atoms with van der Waals surface area (Å²) in [6, 6.07) is 22.2. The minimum Gasteiger partial charge on any atom is -0.354 e. The van der Waals surface area contributed by atoms with E-state index in [1.807, 2.05) is 48.5 Å². The number of sulfonamides is 1. The molecule has 0 aliphatic carbocycles. The fraction of sp³-hybridized carbons (Fsp3) is 0.250. The van der Waals surface area contributed by atoms with Gasteiger partial charge < -0.3 is 15.5 Å². The van der Waals surface area contributed by atoms with Gasteiger partial charge in [0.2, 0.25) is 10.0 Å². The van der Waals surface area contributed by atoms with E-state index in [-0.39, 0.29) is 5.91 Å². The van der Waals surface area contributed by atoms with E-state index in [1.165, 1.54) is 10.6 Å². The summed E-state index contributed by atoms with van der Waals surface area (Å²) in [5, 5.41) is 6.86. The number of anilines is 3. The van der Waals surface area contributed by atoms with Gasteiger partial charge in [-0.3, -0.25) is 9.10 Å². The third-order valence-corrected chi connectivity index (χ3v) is 8.11. The first-order valence-corrected chi connectivity index (χ1v) is 14.5. The molecule has 0 unspecified atom stereocenters. The lowest BCUT2D eigenvalue weighted by molar-refractivity contribution is -0.110. The second-order valence-corrected chi connectivity index (χ2v) is 11.7. The summed E-state index contributed by atoms with van der Waals surface area (Å²) in [5.41, 5.74) is 4.80. The van der Waals surface area contributed by atoms with Crippen LogP contribution < -0.4 is 14.9 Å². The van der Waals surface area contributed by atoms with Crippen molar-refractivity contribution in [3.05, 3.63) is 88.9 Å². The molecule has 7 nitrogen and oxygen atoms in total. The largest absolute Gasteiger partial charge is 0.354 e. The minimum absolute atomic E-state index is 0.217. The molecule has 0 aromatic heterocycles. The van der Waals surface area contributed by atoms with Crippen LogP contribution >= 0.6 is 11.6 Å². The number of rotatable bonds is 8. The normalized spacial score (nSPS) is 16.9. The summed E-state index contributed by atoms with van der Waals surface area (Å²) in [7, 11) is -3.43. The SMILES string of the molecule is CS(=O)(=O)N(CCN1CCCC1)c1ccc(N/C(=C2\C(=O)Nc3cc(Cl)ccc32)c2ccccc2)cc1. The molecule has 5 rings (SSSR count). The molecule has 1 amide bonds. The van der Waals surface area contributed by atoms with E-state index >= 15 is 0 Å². The van der Waals surface area contributed by atoms with Crippen LogP contribution in [0.15, 0.2) is 72.8 Å². The molecule has 0 saturated carbocycles. The first-order valence-electron chi connectivity index (χ1n) is 12.3. The lowest BCUT2D eigenvalue weighted by Crippen LogP contribution is -2.37. The number of halogens is 1. The van der Waals surface area contributed by atoms with Gasteiger partial charge in [0.1, 0.15) is 0 Å². The maximum atomic E-state index is 13.1. The number of amides is 1. The molecule has 0 bridgehead atoms. The lowest BCUT2D eigenvalue weighted by Gasteiger charge is -2.25. The van der Waals surface area contributed by atoms with Gasteiger partial charge in [-0.15, -0.1) is 0 Å². The number of nitrogens with zero attached hydrogens (tertiary/aromatic N) is 2. The van der Waals surface area contributed by atoms with Crippen molar-refractivity contribution in [1.29, 1.82) is 0 Å². The van der Waals surface area contributed by atoms with Crippen LogP contribution in [0.25, 0.3) is 11.3 Å². The number of carbonyl (C=O) groups excluding carboxylic acids is 1. The van der Waals surface area contributed by atoms with E-state index in [2.05, 4.69) is 15.5 Å². The Hall–Kier alpha value is -3.33. The predicted molar refractivity (Wildman–Crippen MR) is 151 cm³/mol. The number of nitrogens with one attached hydrogen (secondary N) is 2. The smallest absolute Gasteiger partial charge is 0.258 e. The zero-order valence-corrected chi connectivity index (χ0v) is 22.1. The molecular formula is C28H29ClN4O3S. The molecule has 192 valence electrons. The molecule has 3 aromatic carbocycles. The second-order valence-electron chi connectivity index (χ2n) is 9.32. The summed E-state index contributed by atoms with van der Waals surface area (Å²) >= 11 is 6.14. The fourth-order valence-corrected chi connectivity index (χ4v) is 5.95. The first-order chi connectivity index (χ1) is 17.8. The Morgan fingerprint density at radius 3 is 2.41 bits per heavy atom. The zero-order chi connectivity index (χ0) is 26.0. The van der Waals surface area contributed by atoms with Gasteiger partial charge in [0.25, 0.3) is 5.91 Å². The Morgan fingerprint density at radius 1 is 1.03 bits per heavy atom. The molecular weight excluding hydrogens is 508 g/mol. The quantitative estimate of drug-likeness (QED) is 0.390. The highest BCUT2D eigenvalue weighted by Gasteiger charge is 2.28. The molecule has 2 aliphatic heterocycles. The fourth-order valence-electron chi connectivity index (χ4n) is 4.86. The third kappa shape index (κ3) is 5.66. The van der Waals surface area contributed by atoms with Crippen LogP contribution in [0.3, 0.4) is 0 Å². The van der Waals surface area contributed by atoms with Crippen LogP contribution in [0.5, 0.6) is 0 Å². The van der Waals surface area contributed by atoms with E-state index in [0.717, 1.165) is 42.7 Å². The molecule has 1 saturated heterocycles. The first kappa shape index (κ1) is 25.3. The Bertz CT molecular complexity index is 1430. The summed E-state index contributed by atoms with van der Waals surface area (Å²) < 4.78 is 26.6. The van der Waals surface area contributed by atoms with Gasteiger partial charge in [-0.2, -0.15) is 0 Å². The number of likely N-dealkylation sites (tertiary alicyclic amines) is 1. The highest BCUT2D eigenvalue weighted by Crippen LogP contribution is 2.39. The summed E-state index contributed by atoms with van der Waals surface area (Å²) in [6.45, 7) is 3.14. The zero-order valence-electron chi connectivity index (χ0n) is 20.6. The lowest BCUT2D eigenvalue weighted by atomic mass is 10.00. The van der Waals surface area contributed by atoms with Gasteiger partial charge in [-0.25, -0.2) is 8.42 Å². The molecule has 0 spiro atoms. The van der Waals surface area contributed by atoms with Crippen LogP contribution in [0.4, 0.5) is 17.1 Å². The molecule has 37 heavy (non-hydrogen) atoms. The topological polar surface area (TPSA) is 81.8 Å². The Balaban J connectivity index is 1.46. The standard InChI is InChI=1S/C28H29ClN4O3S/c1-37(35,36)33(18-17-32-15-5-6-16-32)23-12-10-22(11-13-23)30-27(20-7-3-2-4-8-20)26-24-14-9-21(29)19-25(24)31-28(26)34/h2-4,7-14,19,30H,5-6,15-18H2,1H3,(H,31,34)/b27-26-. The van der Waals surface area contributed by atoms with Crippen molar-refractivity contribution in [1.82, 2.24) is 4.90 Å². The Morgan fingerprint density at radius 2 is 1.73 bits per heavy atom. The van der Waals surface area contributed by atoms with E-state index in [0.29, 0.717) is 40.8 Å². The monoisotopic (exact) mass is 536 g/mol. The molecule has 2 aliphatic rings. The van der Waals surface area contributed by atoms with Gasteiger partial charge in [-0.1, -0.05) is 48.0 Å². The molecule has 0 atom stereocenters. The summed E-state index contributed by atoms with van der Waals surface area (Å²) in [4.78, 5) is 15.3. The van der Waals surface area contributed by atoms with Crippen molar-refractivity contribution in [3.8, 4) is 0 Å². The van der Waals surface area contributed by atoms with Crippen LogP contribution in [-0.2, 0) is 14.8 Å². The maximum absolute atomic E-state index is 13.1. The van der Waals surface area contributed by atoms with E-state index in [4.69, 9.17) is 11.6 Å². The van der Waals surface area contributed by atoms with Gasteiger partial charge in [0.05, 0.1) is 28.9 Å². The molecule has 2 heterocycles. The van der Waals surface area contributed by atoms with Crippen molar-refractivity contribution in [3.63, 3.8) is 0 Å². The Labute approximate surface area is 222 Å². The Kier molecular flexibility index (Phi) is 7.24. The van der Waals surface area contributed by atoms with Crippen molar-refractivity contribution < 1.29 is 13.2 Å². The highest BCUT2D eigenvalue weighted by atomic mass is 35.5. The average Bonchev–Trinajstić information content (AvgIpc) is 3.50. The van der Waals surface area contributed by atoms with Gasteiger partial charge in [0, 0.05) is 29.4 Å². The summed E-state index contributed by atoms with van der Waals surface area (Å²) in [5.74, 6) is -0.217. The number of benzene rings is 3. The third-order valence-electron chi connectivity index (χ3n) is 6.68. The van der Waals surface area contributed by atoms with E-state index in [1.54, 1.807) is 24.3 Å². The van der Waals surface area contributed by atoms with Crippen LogP contribution in [0, 0.1) is 0 Å². The van der Waals surface area contributed by atoms with Gasteiger partial charge in [0.15, 0.2) is 0 Å². The van der Waals surface area contributed by atoms with Crippen LogP contribution in [-0.4, -0.2) is 51.7 Å². The predicted octanol–water partition coefficient (Wildman–Crippen LogP) is 5.13. The number of hydrogen-bond acceptors (Lipinski definition) is 5. The number of fused-ring (bicyclic) bond motifs is 1. The summed E-state index contributed by atoms with van der Waals surface area (Å²) in [6.07, 6.45) is 3.56. The van der Waals surface area contributed by atoms with E-state index < -0.39 is 10.0 Å². The van der Waals surface area contributed by atoms with E-state index in [9.17, 15) is 13.2 Å². The molecule has 1 fully saturated rings. The van der Waals surface area contributed by atoms with Crippen molar-refractivity contribution in [2.24, 2.45) is 0 Å². The van der Waals surface area contributed by atoms with Crippen LogP contribution in [0.1, 0.15) is 24.0 Å². The van der Waals surface area contributed by atoms with Gasteiger partial charge in [-0.05, 0) is 67.9 Å². The van der Waals surface area contributed by atoms with Crippen molar-refractivity contribution in [2.75, 3.05) is 47.4 Å². The number of hydrogen-bond donors (Lipinski definition) is 2. The molecule has 3 aromatic rings. The average molecular weight is 537 g/mol. The van der Waals surface area contributed by atoms with Crippen molar-refractivity contribution >= 4 is 55.9 Å². The molecule has 0 radical (unpaired) electrons. The molecule has 9 heteroatoms. The number of carbonyl (C=O) groups is 1. The second kappa shape index (κ2) is 10.6. The highest BCUT2D eigenvalue weighted by molar-refractivity contribution is 7.92. The molecule has 2 N–H and O–H groups in total. The van der Waals surface area contributed by atoms with Gasteiger partial charge >= 0.3 is 0 Å². The van der Waals surface area contributed by atoms with Crippen LogP contribution in [0.2, 0.25) is 5.02 Å².